The molecular formula is C24H22F3N3O2S. The van der Waals surface area contributed by atoms with E-state index in [1.807, 2.05) is 18.2 Å². The molecule has 4 rings (SSSR count). The van der Waals surface area contributed by atoms with Crippen LogP contribution in [-0.2, 0) is 17.4 Å². The molecule has 0 radical (unpaired) electrons. The summed E-state index contributed by atoms with van der Waals surface area (Å²) in [7, 11) is 0. The Morgan fingerprint density at radius 1 is 1.03 bits per heavy atom. The first-order valence-corrected chi connectivity index (χ1v) is 11.4. The third-order valence-corrected chi connectivity index (χ3v) is 6.50. The highest BCUT2D eigenvalue weighted by Gasteiger charge is 2.30. The molecule has 3 aromatic rings. The van der Waals surface area contributed by atoms with Crippen LogP contribution < -0.4 is 5.32 Å². The number of likely N-dealkylation sites (tertiary alicyclic amines) is 1. The summed E-state index contributed by atoms with van der Waals surface area (Å²) in [4.78, 5) is 31.2. The third-order valence-electron chi connectivity index (χ3n) is 5.56. The first-order chi connectivity index (χ1) is 15.8. The zero-order valence-corrected chi connectivity index (χ0v) is 18.5. The van der Waals surface area contributed by atoms with Gasteiger partial charge in [-0.3, -0.25) is 9.59 Å². The van der Waals surface area contributed by atoms with E-state index in [2.05, 4.69) is 10.3 Å². The van der Waals surface area contributed by atoms with Crippen molar-refractivity contribution in [3.8, 4) is 10.6 Å². The zero-order chi connectivity index (χ0) is 23.4. The summed E-state index contributed by atoms with van der Waals surface area (Å²) in [6, 6.07) is 13.9. The minimum absolute atomic E-state index is 0.0206. The van der Waals surface area contributed by atoms with Crippen molar-refractivity contribution >= 4 is 23.2 Å². The maximum atomic E-state index is 12.7. The van der Waals surface area contributed by atoms with E-state index in [1.165, 1.54) is 23.5 Å². The highest BCUT2D eigenvalue weighted by molar-refractivity contribution is 7.13. The van der Waals surface area contributed by atoms with E-state index < -0.39 is 11.7 Å². The molecule has 172 valence electrons. The van der Waals surface area contributed by atoms with Gasteiger partial charge in [0.1, 0.15) is 5.01 Å². The first kappa shape index (κ1) is 23.0. The van der Waals surface area contributed by atoms with Gasteiger partial charge in [0.15, 0.2) is 0 Å². The number of carbonyl (C=O) groups excluding carboxylic acids is 2. The van der Waals surface area contributed by atoms with E-state index >= 15 is 0 Å². The Balaban J connectivity index is 1.28. The molecule has 0 atom stereocenters. The highest BCUT2D eigenvalue weighted by atomic mass is 32.1. The number of benzene rings is 2. The van der Waals surface area contributed by atoms with Crippen LogP contribution in [0.3, 0.4) is 0 Å². The van der Waals surface area contributed by atoms with E-state index in [-0.39, 0.29) is 24.3 Å². The smallest absolute Gasteiger partial charge is 0.349 e. The van der Waals surface area contributed by atoms with Crippen molar-refractivity contribution < 1.29 is 22.8 Å². The standard InChI is InChI=1S/C24H22F3N3O2S/c25-24(26,27)18-8-6-17(7-9-18)23-29-20(15-33-23)14-21(31)30-12-10-19(11-13-30)28-22(32)16-4-2-1-3-5-16/h1-9,15,19H,10-14H2,(H,28,32). The summed E-state index contributed by atoms with van der Waals surface area (Å²) < 4.78 is 38.2. The van der Waals surface area contributed by atoms with E-state index in [0.717, 1.165) is 12.1 Å². The fourth-order valence-electron chi connectivity index (χ4n) is 3.72. The topological polar surface area (TPSA) is 62.3 Å². The number of hydrogen-bond donors (Lipinski definition) is 1. The van der Waals surface area contributed by atoms with Gasteiger partial charge in [0, 0.05) is 35.6 Å². The van der Waals surface area contributed by atoms with Gasteiger partial charge in [-0.05, 0) is 37.1 Å². The molecule has 9 heteroatoms. The Kier molecular flexibility index (Phi) is 6.78. The number of alkyl halides is 3. The molecule has 33 heavy (non-hydrogen) atoms. The number of halogens is 3. The Labute approximate surface area is 193 Å². The van der Waals surface area contributed by atoms with Crippen molar-refractivity contribution in [2.45, 2.75) is 31.5 Å². The molecule has 0 spiro atoms. The molecule has 0 bridgehead atoms. The summed E-state index contributed by atoms with van der Waals surface area (Å²) in [6.07, 6.45) is -2.88. The average molecular weight is 474 g/mol. The van der Waals surface area contributed by atoms with Gasteiger partial charge in [-0.1, -0.05) is 30.3 Å². The quantitative estimate of drug-likeness (QED) is 0.580. The maximum Gasteiger partial charge on any atom is 0.416 e. The van der Waals surface area contributed by atoms with Crippen molar-refractivity contribution in [3.63, 3.8) is 0 Å². The molecular weight excluding hydrogens is 451 g/mol. The number of piperidine rings is 1. The fraction of sp³-hybridized carbons (Fsp3) is 0.292. The second-order valence-electron chi connectivity index (χ2n) is 7.89. The van der Waals surface area contributed by atoms with Crippen molar-refractivity contribution in [3.05, 3.63) is 76.8 Å². The largest absolute Gasteiger partial charge is 0.416 e. The van der Waals surface area contributed by atoms with Crippen LogP contribution in [0, 0.1) is 0 Å². The minimum Gasteiger partial charge on any atom is -0.349 e. The average Bonchev–Trinajstić information content (AvgIpc) is 3.28. The van der Waals surface area contributed by atoms with Crippen LogP contribution >= 0.6 is 11.3 Å². The molecule has 2 aromatic carbocycles. The van der Waals surface area contributed by atoms with Crippen LogP contribution in [0.2, 0.25) is 0 Å². The lowest BCUT2D eigenvalue weighted by molar-refractivity contribution is -0.137. The molecule has 0 saturated carbocycles. The number of carbonyl (C=O) groups is 2. The number of aromatic nitrogens is 1. The molecule has 0 aliphatic carbocycles. The lowest BCUT2D eigenvalue weighted by Crippen LogP contribution is -2.47. The molecule has 0 unspecified atom stereocenters. The van der Waals surface area contributed by atoms with Crippen molar-refractivity contribution in [2.75, 3.05) is 13.1 Å². The number of hydrogen-bond acceptors (Lipinski definition) is 4. The summed E-state index contributed by atoms with van der Waals surface area (Å²) in [6.45, 7) is 1.10. The predicted octanol–water partition coefficient (Wildman–Crippen LogP) is 4.79. The third kappa shape index (κ3) is 5.78. The summed E-state index contributed by atoms with van der Waals surface area (Å²) in [5, 5.41) is 5.36. The van der Waals surface area contributed by atoms with E-state index in [0.29, 0.717) is 47.8 Å². The summed E-state index contributed by atoms with van der Waals surface area (Å²) in [5.41, 5.74) is 1.09. The van der Waals surface area contributed by atoms with Crippen LogP contribution in [0.1, 0.15) is 34.5 Å². The Morgan fingerprint density at radius 3 is 2.33 bits per heavy atom. The normalized spacial score (nSPS) is 14.8. The first-order valence-electron chi connectivity index (χ1n) is 10.6. The zero-order valence-electron chi connectivity index (χ0n) is 17.6. The SMILES string of the molecule is O=C(NC1CCN(C(=O)Cc2csc(-c3ccc(C(F)(F)F)cc3)n2)CC1)c1ccccc1. The highest BCUT2D eigenvalue weighted by Crippen LogP contribution is 2.32. The Hall–Kier alpha value is -3.20. The van der Waals surface area contributed by atoms with Crippen molar-refractivity contribution in [1.82, 2.24) is 15.2 Å². The molecule has 1 saturated heterocycles. The number of nitrogens with one attached hydrogen (secondary N) is 1. The van der Waals surface area contributed by atoms with E-state index in [9.17, 15) is 22.8 Å². The Morgan fingerprint density at radius 2 is 1.70 bits per heavy atom. The Bertz CT molecular complexity index is 1110. The van der Waals surface area contributed by atoms with Crippen LogP contribution in [0.25, 0.3) is 10.6 Å². The molecule has 2 amide bonds. The lowest BCUT2D eigenvalue weighted by Gasteiger charge is -2.32. The number of nitrogens with zero attached hydrogens (tertiary/aromatic N) is 2. The van der Waals surface area contributed by atoms with Crippen LogP contribution in [0.15, 0.2) is 60.0 Å². The summed E-state index contributed by atoms with van der Waals surface area (Å²) in [5.74, 6) is -0.161. The monoisotopic (exact) mass is 473 g/mol. The van der Waals surface area contributed by atoms with Crippen LogP contribution in [-0.4, -0.2) is 40.8 Å². The van der Waals surface area contributed by atoms with Crippen LogP contribution in [0.5, 0.6) is 0 Å². The molecule has 1 aliphatic heterocycles. The molecule has 1 fully saturated rings. The summed E-state index contributed by atoms with van der Waals surface area (Å²) >= 11 is 1.30. The number of amides is 2. The van der Waals surface area contributed by atoms with Gasteiger partial charge in [0.25, 0.3) is 5.91 Å². The predicted molar refractivity (Wildman–Crippen MR) is 120 cm³/mol. The van der Waals surface area contributed by atoms with Gasteiger partial charge >= 0.3 is 6.18 Å². The number of thiazole rings is 1. The van der Waals surface area contributed by atoms with Gasteiger partial charge < -0.3 is 10.2 Å². The molecule has 1 aliphatic rings. The van der Waals surface area contributed by atoms with E-state index in [1.54, 1.807) is 22.4 Å². The van der Waals surface area contributed by atoms with Crippen molar-refractivity contribution in [1.29, 1.82) is 0 Å². The van der Waals surface area contributed by atoms with Gasteiger partial charge in [-0.15, -0.1) is 11.3 Å². The van der Waals surface area contributed by atoms with Gasteiger partial charge in [-0.2, -0.15) is 13.2 Å². The molecule has 1 aromatic heterocycles. The number of rotatable bonds is 5. The molecule has 1 N–H and O–H groups in total. The molecule has 2 heterocycles. The minimum atomic E-state index is -4.38. The van der Waals surface area contributed by atoms with Gasteiger partial charge in [-0.25, -0.2) is 4.98 Å². The second kappa shape index (κ2) is 9.74. The lowest BCUT2D eigenvalue weighted by atomic mass is 10.0. The van der Waals surface area contributed by atoms with Gasteiger partial charge in [0.2, 0.25) is 5.91 Å². The van der Waals surface area contributed by atoms with Gasteiger partial charge in [0.05, 0.1) is 17.7 Å². The van der Waals surface area contributed by atoms with Crippen LogP contribution in [0.4, 0.5) is 13.2 Å². The second-order valence-corrected chi connectivity index (χ2v) is 8.75. The fourth-order valence-corrected chi connectivity index (χ4v) is 4.55. The molecule has 5 nitrogen and oxygen atoms in total. The van der Waals surface area contributed by atoms with Crippen molar-refractivity contribution in [2.24, 2.45) is 0 Å². The van der Waals surface area contributed by atoms with E-state index in [4.69, 9.17) is 0 Å². The maximum absolute atomic E-state index is 12.7.